The van der Waals surface area contributed by atoms with Crippen molar-refractivity contribution in [1.82, 2.24) is 0 Å². The van der Waals surface area contributed by atoms with Gasteiger partial charge in [0.05, 0.1) is 12.7 Å². The number of rotatable bonds is 3. The predicted octanol–water partition coefficient (Wildman–Crippen LogP) is 5.94. The lowest BCUT2D eigenvalue weighted by atomic mass is 9.82. The Hall–Kier alpha value is -1.97. The van der Waals surface area contributed by atoms with Crippen molar-refractivity contribution in [2.75, 3.05) is 7.11 Å². The maximum atomic E-state index is 12.9. The number of aliphatic hydroxyl groups excluding tert-OH is 1. The number of hydrogen-bond donors (Lipinski definition) is 1. The number of fused-ring (bicyclic) bond motifs is 2. The van der Waals surface area contributed by atoms with Crippen molar-refractivity contribution < 1.29 is 14.6 Å². The maximum absolute atomic E-state index is 12.9. The summed E-state index contributed by atoms with van der Waals surface area (Å²) in [6.45, 7) is 0. The van der Waals surface area contributed by atoms with Gasteiger partial charge in [0.2, 0.25) is 0 Å². The van der Waals surface area contributed by atoms with E-state index < -0.39 is 0 Å². The molecule has 0 radical (unpaired) electrons. The van der Waals surface area contributed by atoms with Crippen molar-refractivity contribution in [2.45, 2.75) is 19.3 Å². The van der Waals surface area contributed by atoms with Crippen LogP contribution in [0.5, 0.6) is 5.75 Å². The Balaban J connectivity index is 1.88. The molecule has 5 heteroatoms. The third-order valence-electron chi connectivity index (χ3n) is 5.40. The summed E-state index contributed by atoms with van der Waals surface area (Å²) in [7, 11) is 1.56. The monoisotopic (exact) mass is 388 g/mol. The molecule has 1 N–H and O–H groups in total. The van der Waals surface area contributed by atoms with Crippen molar-refractivity contribution in [3.63, 3.8) is 0 Å². The number of benzene rings is 2. The number of aliphatic hydroxyl groups is 1. The minimum atomic E-state index is -0.00150. The summed E-state index contributed by atoms with van der Waals surface area (Å²) in [5, 5.41) is 11.8. The third kappa shape index (κ3) is 2.80. The third-order valence-corrected chi connectivity index (χ3v) is 5.95. The van der Waals surface area contributed by atoms with Gasteiger partial charge in [0, 0.05) is 33.0 Å². The first kappa shape index (κ1) is 17.4. The molecular weight excluding hydrogens is 371 g/mol. The van der Waals surface area contributed by atoms with Crippen LogP contribution in [0.25, 0.3) is 16.7 Å². The molecule has 2 aromatic carbocycles. The molecule has 2 aromatic rings. The van der Waals surface area contributed by atoms with Crippen LogP contribution in [0.1, 0.15) is 24.8 Å². The van der Waals surface area contributed by atoms with Crippen molar-refractivity contribution in [2.24, 2.45) is 11.8 Å². The highest BCUT2D eigenvalue weighted by molar-refractivity contribution is 6.36. The van der Waals surface area contributed by atoms with Gasteiger partial charge in [0.15, 0.2) is 5.78 Å². The van der Waals surface area contributed by atoms with Crippen LogP contribution < -0.4 is 4.74 Å². The van der Waals surface area contributed by atoms with Crippen LogP contribution in [0.15, 0.2) is 42.2 Å². The standard InChI is InChI=1S/C21H18Cl2O3/c1-26-18-7-4-11(15-6-5-14(22)10-17(15)23)9-16(18)19-20(24)12-2-3-13(8-12)21(19)25/h4-7,9-10,12-13,24H,2-3,8H2,1H3. The predicted molar refractivity (Wildman–Crippen MR) is 104 cm³/mol. The molecule has 0 aliphatic heterocycles. The molecule has 0 saturated heterocycles. The van der Waals surface area contributed by atoms with Crippen LogP contribution in [0.2, 0.25) is 10.0 Å². The molecule has 26 heavy (non-hydrogen) atoms. The summed E-state index contributed by atoms with van der Waals surface area (Å²) >= 11 is 12.3. The van der Waals surface area contributed by atoms with Crippen molar-refractivity contribution >= 4 is 34.6 Å². The van der Waals surface area contributed by atoms with Crippen LogP contribution in [-0.4, -0.2) is 18.0 Å². The van der Waals surface area contributed by atoms with Crippen LogP contribution in [0.4, 0.5) is 0 Å². The molecule has 2 unspecified atom stereocenters. The zero-order valence-electron chi connectivity index (χ0n) is 14.3. The Morgan fingerprint density at radius 2 is 1.81 bits per heavy atom. The lowest BCUT2D eigenvalue weighted by molar-refractivity contribution is -0.117. The summed E-state index contributed by atoms with van der Waals surface area (Å²) < 4.78 is 5.47. The SMILES string of the molecule is COc1ccc(-c2ccc(Cl)cc2Cl)cc1C1=C(O)C2CCC(C2)C1=O. The van der Waals surface area contributed by atoms with Gasteiger partial charge >= 0.3 is 0 Å². The Bertz CT molecular complexity index is 933. The van der Waals surface area contributed by atoms with E-state index in [0.29, 0.717) is 26.9 Å². The molecule has 0 heterocycles. The molecule has 0 spiro atoms. The molecule has 2 atom stereocenters. The summed E-state index contributed by atoms with van der Waals surface area (Å²) in [6, 6.07) is 10.9. The largest absolute Gasteiger partial charge is 0.511 e. The number of carbonyl (C=O) groups is 1. The number of Topliss-reactive ketones (excluding diaryl/α,β-unsaturated/α-hetero) is 1. The van der Waals surface area contributed by atoms with E-state index >= 15 is 0 Å². The van der Waals surface area contributed by atoms with Crippen LogP contribution in [0.3, 0.4) is 0 Å². The minimum absolute atomic E-state index is 0.00150. The molecule has 2 bridgehead atoms. The maximum Gasteiger partial charge on any atom is 0.170 e. The molecule has 2 aliphatic carbocycles. The normalized spacial score (nSPS) is 22.0. The lowest BCUT2D eigenvalue weighted by Crippen LogP contribution is -2.21. The highest BCUT2D eigenvalue weighted by atomic mass is 35.5. The fourth-order valence-electron chi connectivity index (χ4n) is 4.07. The molecule has 134 valence electrons. The molecule has 1 saturated carbocycles. The summed E-state index contributed by atoms with van der Waals surface area (Å²) in [5.41, 5.74) is 2.67. The summed E-state index contributed by atoms with van der Waals surface area (Å²) in [5.74, 6) is 0.837. The van der Waals surface area contributed by atoms with Gasteiger partial charge < -0.3 is 9.84 Å². The molecule has 3 nitrogen and oxygen atoms in total. The number of carbonyl (C=O) groups excluding carboxylic acids is 1. The van der Waals surface area contributed by atoms with Gasteiger partial charge in [-0.15, -0.1) is 0 Å². The van der Waals surface area contributed by atoms with E-state index in [1.807, 2.05) is 18.2 Å². The van der Waals surface area contributed by atoms with Gasteiger partial charge in [0.25, 0.3) is 0 Å². The molecule has 1 fully saturated rings. The van der Waals surface area contributed by atoms with E-state index in [-0.39, 0.29) is 23.4 Å². The van der Waals surface area contributed by atoms with Crippen molar-refractivity contribution in [1.29, 1.82) is 0 Å². The van der Waals surface area contributed by atoms with E-state index in [2.05, 4.69) is 0 Å². The molecule has 2 aliphatic rings. The summed E-state index contributed by atoms with van der Waals surface area (Å²) in [6.07, 6.45) is 2.44. The number of allylic oxidation sites excluding steroid dienone is 2. The van der Waals surface area contributed by atoms with E-state index in [9.17, 15) is 9.90 Å². The van der Waals surface area contributed by atoms with E-state index in [0.717, 1.165) is 30.4 Å². The van der Waals surface area contributed by atoms with Crippen LogP contribution >= 0.6 is 23.2 Å². The smallest absolute Gasteiger partial charge is 0.170 e. The quantitative estimate of drug-likeness (QED) is 0.707. The fourth-order valence-corrected chi connectivity index (χ4v) is 4.59. The number of methoxy groups -OCH3 is 1. The number of halogens is 2. The van der Waals surface area contributed by atoms with E-state index in [1.165, 1.54) is 0 Å². The molecule has 0 aromatic heterocycles. The Morgan fingerprint density at radius 1 is 1.04 bits per heavy atom. The molecule has 0 amide bonds. The van der Waals surface area contributed by atoms with Crippen LogP contribution in [0, 0.1) is 11.8 Å². The zero-order valence-corrected chi connectivity index (χ0v) is 15.8. The fraction of sp³-hybridized carbons (Fsp3) is 0.286. The number of hydrogen-bond acceptors (Lipinski definition) is 3. The van der Waals surface area contributed by atoms with Gasteiger partial charge in [0.1, 0.15) is 11.5 Å². The van der Waals surface area contributed by atoms with Crippen LogP contribution in [-0.2, 0) is 4.79 Å². The average molecular weight is 389 g/mol. The first-order valence-electron chi connectivity index (χ1n) is 8.60. The first-order valence-corrected chi connectivity index (χ1v) is 9.36. The zero-order chi connectivity index (χ0) is 18.4. The van der Waals surface area contributed by atoms with Gasteiger partial charge in [-0.3, -0.25) is 4.79 Å². The topological polar surface area (TPSA) is 46.5 Å². The minimum Gasteiger partial charge on any atom is -0.511 e. The van der Waals surface area contributed by atoms with Gasteiger partial charge in [-0.2, -0.15) is 0 Å². The Kier molecular flexibility index (Phi) is 4.45. The Labute approximate surface area is 162 Å². The van der Waals surface area contributed by atoms with E-state index in [4.69, 9.17) is 27.9 Å². The number of ketones is 1. The molecule has 4 rings (SSSR count). The number of ether oxygens (including phenoxy) is 1. The summed E-state index contributed by atoms with van der Waals surface area (Å²) in [4.78, 5) is 12.9. The second kappa shape index (κ2) is 6.64. The van der Waals surface area contributed by atoms with Crippen molar-refractivity contribution in [3.05, 3.63) is 57.8 Å². The van der Waals surface area contributed by atoms with Gasteiger partial charge in [-0.25, -0.2) is 0 Å². The highest BCUT2D eigenvalue weighted by Gasteiger charge is 2.42. The van der Waals surface area contributed by atoms with Gasteiger partial charge in [-0.05, 0) is 49.1 Å². The van der Waals surface area contributed by atoms with Crippen molar-refractivity contribution in [3.8, 4) is 16.9 Å². The molecular formula is C21H18Cl2O3. The van der Waals surface area contributed by atoms with Gasteiger partial charge in [-0.1, -0.05) is 35.3 Å². The Morgan fingerprint density at radius 3 is 2.54 bits per heavy atom. The lowest BCUT2D eigenvalue weighted by Gasteiger charge is -2.23. The first-order chi connectivity index (χ1) is 12.5. The average Bonchev–Trinajstić information content (AvgIpc) is 3.07. The van der Waals surface area contributed by atoms with E-state index in [1.54, 1.807) is 25.3 Å². The second-order valence-corrected chi connectivity index (χ2v) is 7.71. The second-order valence-electron chi connectivity index (χ2n) is 6.87. The highest BCUT2D eigenvalue weighted by Crippen LogP contribution is 2.47.